The quantitative estimate of drug-likeness (QED) is 0.486. The number of benzene rings is 3. The third kappa shape index (κ3) is 5.96. The molecule has 1 fully saturated rings. The number of nitrogens with one attached hydrogen (secondary N) is 2. The van der Waals surface area contributed by atoms with Gasteiger partial charge in [0, 0.05) is 30.3 Å². The second-order valence-corrected chi connectivity index (χ2v) is 9.99. The molecule has 0 aromatic heterocycles. The van der Waals surface area contributed by atoms with Crippen molar-refractivity contribution in [1.82, 2.24) is 9.62 Å². The number of nitrogens with zero attached hydrogens (tertiary/aromatic N) is 1. The lowest BCUT2D eigenvalue weighted by Crippen LogP contribution is -2.46. The molecule has 34 heavy (non-hydrogen) atoms. The van der Waals surface area contributed by atoms with Crippen molar-refractivity contribution in [2.24, 2.45) is 0 Å². The molecular formula is C26H27N3O4S. The van der Waals surface area contributed by atoms with Crippen molar-refractivity contribution in [2.75, 3.05) is 25.0 Å². The first kappa shape index (κ1) is 23.8. The Morgan fingerprint density at radius 2 is 1.41 bits per heavy atom. The van der Waals surface area contributed by atoms with Gasteiger partial charge in [0.2, 0.25) is 15.9 Å². The van der Waals surface area contributed by atoms with Crippen LogP contribution in [0.15, 0.2) is 89.8 Å². The van der Waals surface area contributed by atoms with Crippen molar-refractivity contribution < 1.29 is 18.0 Å². The van der Waals surface area contributed by atoms with E-state index in [1.54, 1.807) is 78.9 Å². The zero-order valence-electron chi connectivity index (χ0n) is 18.7. The van der Waals surface area contributed by atoms with E-state index in [0.717, 1.165) is 0 Å². The highest BCUT2D eigenvalue weighted by molar-refractivity contribution is 7.89. The lowest BCUT2D eigenvalue weighted by atomic mass is 10.0. The number of hydrogen-bond donors (Lipinski definition) is 2. The average molecular weight is 478 g/mol. The highest BCUT2D eigenvalue weighted by Crippen LogP contribution is 2.20. The molecule has 4 rings (SSSR count). The molecule has 7 nitrogen and oxygen atoms in total. The molecule has 0 spiro atoms. The number of carbonyl (C=O) groups is 2. The van der Waals surface area contributed by atoms with E-state index in [1.807, 2.05) is 11.0 Å². The van der Waals surface area contributed by atoms with E-state index in [-0.39, 0.29) is 29.2 Å². The first-order valence-corrected chi connectivity index (χ1v) is 12.7. The Balaban J connectivity index is 1.31. The first-order chi connectivity index (χ1) is 16.4. The fourth-order valence-corrected chi connectivity index (χ4v) is 5.35. The van der Waals surface area contributed by atoms with E-state index in [0.29, 0.717) is 42.7 Å². The van der Waals surface area contributed by atoms with Gasteiger partial charge in [-0.15, -0.1) is 0 Å². The molecule has 0 unspecified atom stereocenters. The number of piperidine rings is 1. The molecular weight excluding hydrogens is 450 g/mol. The van der Waals surface area contributed by atoms with Crippen LogP contribution < -0.4 is 10.0 Å². The Bertz CT molecular complexity index is 1240. The Kier molecular flexibility index (Phi) is 7.52. The molecule has 1 aliphatic heterocycles. The Hall–Kier alpha value is -3.33. The van der Waals surface area contributed by atoms with Crippen LogP contribution in [-0.4, -0.2) is 50.7 Å². The van der Waals surface area contributed by atoms with Crippen LogP contribution in [-0.2, 0) is 14.8 Å². The molecule has 0 saturated carbocycles. The molecule has 176 valence electrons. The van der Waals surface area contributed by atoms with Crippen molar-refractivity contribution in [1.29, 1.82) is 0 Å². The number of amides is 1. The van der Waals surface area contributed by atoms with Crippen LogP contribution >= 0.6 is 0 Å². The number of carbonyl (C=O) groups excluding carboxylic acids is 2. The molecule has 1 saturated heterocycles. The van der Waals surface area contributed by atoms with Gasteiger partial charge < -0.3 is 5.32 Å². The Morgan fingerprint density at radius 1 is 0.824 bits per heavy atom. The van der Waals surface area contributed by atoms with E-state index >= 15 is 0 Å². The van der Waals surface area contributed by atoms with E-state index < -0.39 is 10.0 Å². The summed E-state index contributed by atoms with van der Waals surface area (Å²) in [5.74, 6) is -0.361. The van der Waals surface area contributed by atoms with Crippen LogP contribution in [0, 0.1) is 0 Å². The smallest absolute Gasteiger partial charge is 0.240 e. The highest BCUT2D eigenvalue weighted by Gasteiger charge is 2.25. The highest BCUT2D eigenvalue weighted by atomic mass is 32.2. The van der Waals surface area contributed by atoms with E-state index in [1.165, 1.54) is 0 Å². The number of ketones is 1. The maximum Gasteiger partial charge on any atom is 0.240 e. The van der Waals surface area contributed by atoms with Gasteiger partial charge in [-0.3, -0.25) is 14.5 Å². The molecule has 0 atom stereocenters. The number of para-hydroxylation sites is 1. The summed E-state index contributed by atoms with van der Waals surface area (Å²) in [7, 11) is -3.56. The van der Waals surface area contributed by atoms with Crippen molar-refractivity contribution in [3.63, 3.8) is 0 Å². The summed E-state index contributed by atoms with van der Waals surface area (Å²) >= 11 is 0. The summed E-state index contributed by atoms with van der Waals surface area (Å²) in [6.07, 6.45) is 1.23. The number of hydrogen-bond acceptors (Lipinski definition) is 5. The van der Waals surface area contributed by atoms with E-state index in [9.17, 15) is 18.0 Å². The van der Waals surface area contributed by atoms with Gasteiger partial charge >= 0.3 is 0 Å². The van der Waals surface area contributed by atoms with Crippen LogP contribution in [0.3, 0.4) is 0 Å². The molecule has 2 N–H and O–H groups in total. The van der Waals surface area contributed by atoms with Gasteiger partial charge in [-0.25, -0.2) is 13.1 Å². The summed E-state index contributed by atoms with van der Waals surface area (Å²) in [5.41, 5.74) is 1.48. The van der Waals surface area contributed by atoms with Crippen molar-refractivity contribution >= 4 is 27.4 Å². The van der Waals surface area contributed by atoms with Crippen molar-refractivity contribution in [3.05, 3.63) is 96.1 Å². The van der Waals surface area contributed by atoms with Crippen molar-refractivity contribution in [3.8, 4) is 0 Å². The minimum absolute atomic E-state index is 0.150. The maximum atomic E-state index is 12.9. The van der Waals surface area contributed by atoms with Crippen molar-refractivity contribution in [2.45, 2.75) is 23.8 Å². The van der Waals surface area contributed by atoms with Gasteiger partial charge in [-0.1, -0.05) is 60.7 Å². The Labute approximate surface area is 199 Å². The van der Waals surface area contributed by atoms with E-state index in [2.05, 4.69) is 10.0 Å². The monoisotopic (exact) mass is 477 g/mol. The van der Waals surface area contributed by atoms with Gasteiger partial charge in [-0.2, -0.15) is 0 Å². The van der Waals surface area contributed by atoms with Gasteiger partial charge in [0.1, 0.15) is 0 Å². The summed E-state index contributed by atoms with van der Waals surface area (Å²) in [6.45, 7) is 1.37. The third-order valence-corrected chi connectivity index (χ3v) is 7.35. The summed E-state index contributed by atoms with van der Waals surface area (Å²) < 4.78 is 27.8. The molecule has 3 aromatic rings. The normalized spacial score (nSPS) is 15.1. The predicted octanol–water partition coefficient (Wildman–Crippen LogP) is 3.30. The fourth-order valence-electron chi connectivity index (χ4n) is 4.02. The lowest BCUT2D eigenvalue weighted by molar-refractivity contribution is -0.117. The molecule has 0 aliphatic carbocycles. The Morgan fingerprint density at radius 3 is 2.09 bits per heavy atom. The maximum absolute atomic E-state index is 12.9. The fraction of sp³-hybridized carbons (Fsp3) is 0.231. The summed E-state index contributed by atoms with van der Waals surface area (Å²) in [5, 5.41) is 2.87. The minimum atomic E-state index is -3.56. The molecule has 8 heteroatoms. The SMILES string of the molecule is O=C(CN1CCC(NS(=O)(=O)c2ccccc2)CC1)Nc1ccccc1C(=O)c1ccccc1. The van der Waals surface area contributed by atoms with E-state index in [4.69, 9.17) is 0 Å². The molecule has 0 bridgehead atoms. The number of rotatable bonds is 8. The van der Waals surface area contributed by atoms with Crippen LogP contribution in [0.1, 0.15) is 28.8 Å². The van der Waals surface area contributed by atoms with Crippen LogP contribution in [0.5, 0.6) is 0 Å². The first-order valence-electron chi connectivity index (χ1n) is 11.2. The number of likely N-dealkylation sites (tertiary alicyclic amines) is 1. The molecule has 1 heterocycles. The summed E-state index contributed by atoms with van der Waals surface area (Å²) in [6, 6.07) is 24.1. The van der Waals surface area contributed by atoms with Crippen LogP contribution in [0.25, 0.3) is 0 Å². The topological polar surface area (TPSA) is 95.6 Å². The van der Waals surface area contributed by atoms with Crippen LogP contribution in [0.4, 0.5) is 5.69 Å². The largest absolute Gasteiger partial charge is 0.324 e. The second kappa shape index (κ2) is 10.7. The molecule has 1 amide bonds. The summed E-state index contributed by atoms with van der Waals surface area (Å²) in [4.78, 5) is 27.8. The average Bonchev–Trinajstić information content (AvgIpc) is 2.86. The molecule has 0 radical (unpaired) electrons. The minimum Gasteiger partial charge on any atom is -0.324 e. The van der Waals surface area contributed by atoms with Gasteiger partial charge in [0.05, 0.1) is 17.1 Å². The lowest BCUT2D eigenvalue weighted by Gasteiger charge is -2.31. The number of sulfonamides is 1. The van der Waals surface area contributed by atoms with Gasteiger partial charge in [-0.05, 0) is 37.1 Å². The van der Waals surface area contributed by atoms with Gasteiger partial charge in [0.25, 0.3) is 0 Å². The van der Waals surface area contributed by atoms with Gasteiger partial charge in [0.15, 0.2) is 5.78 Å². The predicted molar refractivity (Wildman–Crippen MR) is 131 cm³/mol. The second-order valence-electron chi connectivity index (χ2n) is 8.27. The molecule has 3 aromatic carbocycles. The molecule has 1 aliphatic rings. The zero-order chi connectivity index (χ0) is 24.0. The number of anilines is 1. The standard InChI is InChI=1S/C26H27N3O4S/c30-25(27-24-14-8-7-13-23(24)26(31)20-9-3-1-4-10-20)19-29-17-15-21(16-18-29)28-34(32,33)22-11-5-2-6-12-22/h1-14,21,28H,15-19H2,(H,27,30). The third-order valence-electron chi connectivity index (χ3n) is 5.81. The van der Waals surface area contributed by atoms with Crippen LogP contribution in [0.2, 0.25) is 0 Å². The zero-order valence-corrected chi connectivity index (χ0v) is 19.5.